The molecule has 1 saturated heterocycles. The zero-order chi connectivity index (χ0) is 21.3. The number of amides is 2. The average molecular weight is 447 g/mol. The molecule has 30 heavy (non-hydrogen) atoms. The van der Waals surface area contributed by atoms with Gasteiger partial charge in [-0.15, -0.1) is 0 Å². The third kappa shape index (κ3) is 6.76. The number of benzene rings is 2. The summed E-state index contributed by atoms with van der Waals surface area (Å²) in [4.78, 5) is 28.5. The van der Waals surface area contributed by atoms with E-state index in [9.17, 15) is 9.59 Å². The molecule has 1 aliphatic rings. The molecule has 0 aliphatic carbocycles. The number of nitrogens with zero attached hydrogens (tertiary/aromatic N) is 2. The summed E-state index contributed by atoms with van der Waals surface area (Å²) in [5.41, 5.74) is 6.71. The van der Waals surface area contributed by atoms with E-state index in [1.807, 2.05) is 18.2 Å². The minimum atomic E-state index is -0.439. The van der Waals surface area contributed by atoms with Gasteiger partial charge in [0, 0.05) is 61.0 Å². The summed E-state index contributed by atoms with van der Waals surface area (Å²) in [6.07, 6.45) is 3.18. The lowest BCUT2D eigenvalue weighted by Crippen LogP contribution is -2.48. The van der Waals surface area contributed by atoms with Crippen molar-refractivity contribution in [3.8, 4) is 0 Å². The van der Waals surface area contributed by atoms with Crippen LogP contribution in [0.15, 0.2) is 54.6 Å². The first kappa shape index (κ1) is 22.2. The van der Waals surface area contributed by atoms with Crippen molar-refractivity contribution in [3.63, 3.8) is 0 Å². The van der Waals surface area contributed by atoms with E-state index in [2.05, 4.69) is 32.8 Å². The molecule has 3 rings (SSSR count). The van der Waals surface area contributed by atoms with E-state index in [0.29, 0.717) is 28.6 Å². The lowest BCUT2D eigenvalue weighted by molar-refractivity contribution is -0.127. The van der Waals surface area contributed by atoms with Crippen LogP contribution in [0.3, 0.4) is 0 Å². The van der Waals surface area contributed by atoms with Crippen molar-refractivity contribution in [2.75, 3.05) is 37.6 Å². The number of halogens is 2. The van der Waals surface area contributed by atoms with Gasteiger partial charge in [-0.1, -0.05) is 47.5 Å². The lowest BCUT2D eigenvalue weighted by atomic mass is 10.2. The molecule has 2 aromatic carbocycles. The molecule has 2 N–H and O–H groups in total. The molecule has 6 nitrogen and oxygen atoms in total. The Morgan fingerprint density at radius 3 is 2.40 bits per heavy atom. The largest absolute Gasteiger partial charge is 0.369 e. The highest BCUT2D eigenvalue weighted by atomic mass is 35.5. The van der Waals surface area contributed by atoms with Gasteiger partial charge >= 0.3 is 0 Å². The molecule has 0 aromatic heterocycles. The van der Waals surface area contributed by atoms with Crippen molar-refractivity contribution in [1.29, 1.82) is 0 Å². The van der Waals surface area contributed by atoms with Crippen LogP contribution in [0.4, 0.5) is 5.69 Å². The number of hydrazine groups is 1. The Morgan fingerprint density at radius 2 is 1.70 bits per heavy atom. The maximum atomic E-state index is 12.0. The Balaban J connectivity index is 1.34. The average Bonchev–Trinajstić information content (AvgIpc) is 2.76. The van der Waals surface area contributed by atoms with Crippen LogP contribution in [0.2, 0.25) is 10.0 Å². The molecule has 0 saturated carbocycles. The van der Waals surface area contributed by atoms with Gasteiger partial charge in [-0.3, -0.25) is 25.3 Å². The van der Waals surface area contributed by atoms with Crippen LogP contribution >= 0.6 is 23.2 Å². The van der Waals surface area contributed by atoms with Crippen LogP contribution in [0, 0.1) is 0 Å². The highest BCUT2D eigenvalue weighted by Gasteiger charge is 2.17. The van der Waals surface area contributed by atoms with E-state index >= 15 is 0 Å². The topological polar surface area (TPSA) is 64.7 Å². The molecule has 1 heterocycles. The number of carbonyl (C=O) groups excluding carboxylic acids is 2. The first-order valence-electron chi connectivity index (χ1n) is 9.75. The molecule has 2 amide bonds. The Hall–Kier alpha value is -2.54. The highest BCUT2D eigenvalue weighted by molar-refractivity contribution is 6.35. The molecule has 0 unspecified atom stereocenters. The van der Waals surface area contributed by atoms with Crippen molar-refractivity contribution in [2.24, 2.45) is 0 Å². The number of para-hydroxylation sites is 1. The standard InChI is InChI=1S/C22H24Cl2N4O2/c23-18-8-6-17(20(24)16-18)7-9-21(29)25-26-22(30)10-11-27-12-14-28(15-13-27)19-4-2-1-3-5-19/h1-9,16H,10-15H2,(H,25,29)(H,26,30)/b9-7+. The maximum absolute atomic E-state index is 12.0. The second kappa shape index (κ2) is 11.0. The van der Waals surface area contributed by atoms with Crippen LogP contribution in [0.25, 0.3) is 6.08 Å². The number of hydrogen-bond donors (Lipinski definition) is 2. The Morgan fingerprint density at radius 1 is 0.967 bits per heavy atom. The van der Waals surface area contributed by atoms with E-state index in [-0.39, 0.29) is 5.91 Å². The summed E-state index contributed by atoms with van der Waals surface area (Å²) in [6, 6.07) is 15.3. The minimum absolute atomic E-state index is 0.230. The Kier molecular flexibility index (Phi) is 8.13. The van der Waals surface area contributed by atoms with E-state index in [0.717, 1.165) is 26.2 Å². The second-order valence-electron chi connectivity index (χ2n) is 6.95. The Labute approximate surface area is 186 Å². The van der Waals surface area contributed by atoms with Gasteiger partial charge < -0.3 is 4.90 Å². The molecule has 1 fully saturated rings. The molecule has 0 spiro atoms. The van der Waals surface area contributed by atoms with Gasteiger partial charge in [0.25, 0.3) is 5.91 Å². The van der Waals surface area contributed by atoms with Crippen LogP contribution in [0.1, 0.15) is 12.0 Å². The van der Waals surface area contributed by atoms with Crippen LogP contribution in [-0.2, 0) is 9.59 Å². The zero-order valence-corrected chi connectivity index (χ0v) is 18.0. The number of rotatable bonds is 6. The van der Waals surface area contributed by atoms with Gasteiger partial charge in [0.2, 0.25) is 5.91 Å². The summed E-state index contributed by atoms with van der Waals surface area (Å²) < 4.78 is 0. The molecular weight excluding hydrogens is 423 g/mol. The number of anilines is 1. The first-order chi connectivity index (χ1) is 14.5. The second-order valence-corrected chi connectivity index (χ2v) is 7.79. The predicted molar refractivity (Wildman–Crippen MR) is 121 cm³/mol. The third-order valence-corrected chi connectivity index (χ3v) is 5.41. The third-order valence-electron chi connectivity index (χ3n) is 4.85. The first-order valence-corrected chi connectivity index (χ1v) is 10.5. The van der Waals surface area contributed by atoms with Crippen LogP contribution in [0.5, 0.6) is 0 Å². The SMILES string of the molecule is O=C(/C=C/c1ccc(Cl)cc1Cl)NNC(=O)CCN1CCN(c2ccccc2)CC1. The van der Waals surface area contributed by atoms with Crippen molar-refractivity contribution in [1.82, 2.24) is 15.8 Å². The maximum Gasteiger partial charge on any atom is 0.262 e. The summed E-state index contributed by atoms with van der Waals surface area (Å²) in [7, 11) is 0. The van der Waals surface area contributed by atoms with E-state index in [1.165, 1.54) is 11.8 Å². The predicted octanol–water partition coefficient (Wildman–Crippen LogP) is 3.37. The van der Waals surface area contributed by atoms with Crippen molar-refractivity contribution < 1.29 is 9.59 Å². The van der Waals surface area contributed by atoms with E-state index in [4.69, 9.17) is 23.2 Å². The van der Waals surface area contributed by atoms with Crippen molar-refractivity contribution >= 4 is 46.8 Å². The smallest absolute Gasteiger partial charge is 0.262 e. The molecular formula is C22H24Cl2N4O2. The summed E-state index contributed by atoms with van der Waals surface area (Å²) in [5, 5.41) is 0.971. The molecule has 8 heteroatoms. The van der Waals surface area contributed by atoms with E-state index < -0.39 is 5.91 Å². The molecule has 0 atom stereocenters. The van der Waals surface area contributed by atoms with Gasteiger partial charge in [-0.25, -0.2) is 0 Å². The van der Waals surface area contributed by atoms with Gasteiger partial charge in [0.05, 0.1) is 0 Å². The van der Waals surface area contributed by atoms with Gasteiger partial charge in [-0.05, 0) is 35.9 Å². The zero-order valence-electron chi connectivity index (χ0n) is 16.5. The molecule has 0 bridgehead atoms. The molecule has 158 valence electrons. The van der Waals surface area contributed by atoms with Crippen LogP contribution < -0.4 is 15.8 Å². The summed E-state index contributed by atoms with van der Waals surface area (Å²) in [6.45, 7) is 4.32. The molecule has 2 aromatic rings. The number of nitrogens with one attached hydrogen (secondary N) is 2. The Bertz CT molecular complexity index is 897. The highest BCUT2D eigenvalue weighted by Crippen LogP contribution is 2.21. The van der Waals surface area contributed by atoms with Gasteiger partial charge in [-0.2, -0.15) is 0 Å². The summed E-state index contributed by atoms with van der Waals surface area (Å²) >= 11 is 11.9. The minimum Gasteiger partial charge on any atom is -0.369 e. The van der Waals surface area contributed by atoms with Crippen molar-refractivity contribution in [3.05, 3.63) is 70.2 Å². The number of hydrogen-bond acceptors (Lipinski definition) is 4. The van der Waals surface area contributed by atoms with E-state index in [1.54, 1.807) is 24.3 Å². The van der Waals surface area contributed by atoms with Gasteiger partial charge in [0.1, 0.15) is 0 Å². The molecule has 0 radical (unpaired) electrons. The number of piperazine rings is 1. The lowest BCUT2D eigenvalue weighted by Gasteiger charge is -2.36. The normalized spacial score (nSPS) is 14.7. The van der Waals surface area contributed by atoms with Crippen LogP contribution in [-0.4, -0.2) is 49.4 Å². The monoisotopic (exact) mass is 446 g/mol. The fraction of sp³-hybridized carbons (Fsp3) is 0.273. The van der Waals surface area contributed by atoms with Crippen molar-refractivity contribution in [2.45, 2.75) is 6.42 Å². The molecule has 1 aliphatic heterocycles. The van der Waals surface area contributed by atoms with Gasteiger partial charge in [0.15, 0.2) is 0 Å². The number of carbonyl (C=O) groups is 2. The summed E-state index contributed by atoms with van der Waals surface area (Å²) in [5.74, 6) is -0.669. The fourth-order valence-electron chi connectivity index (χ4n) is 3.17. The quantitative estimate of drug-likeness (QED) is 0.527. The fourth-order valence-corrected chi connectivity index (χ4v) is 3.64.